The topological polar surface area (TPSA) is 107 Å². The highest BCUT2D eigenvalue weighted by Crippen LogP contribution is 2.30. The van der Waals surface area contributed by atoms with Crippen LogP contribution >= 0.6 is 11.3 Å². The average Bonchev–Trinajstić information content (AvgIpc) is 3.18. The van der Waals surface area contributed by atoms with E-state index in [2.05, 4.69) is 10.3 Å². The lowest BCUT2D eigenvalue weighted by Crippen LogP contribution is -2.40. The van der Waals surface area contributed by atoms with Crippen LogP contribution in [-0.2, 0) is 4.79 Å². The first kappa shape index (κ1) is 23.1. The van der Waals surface area contributed by atoms with E-state index in [1.165, 1.54) is 28.0 Å². The Morgan fingerprint density at radius 3 is 2.44 bits per heavy atom. The number of allylic oxidation sites excluding steroid dienone is 1. The number of fused-ring (bicyclic) bond motifs is 1. The lowest BCUT2D eigenvalue weighted by molar-refractivity contribution is -0.384. The molecule has 0 aliphatic carbocycles. The monoisotopic (exact) mass is 496 g/mol. The fourth-order valence-electron chi connectivity index (χ4n) is 4.16. The Morgan fingerprint density at radius 2 is 1.75 bits per heavy atom. The number of nitro benzene ring substituents is 1. The summed E-state index contributed by atoms with van der Waals surface area (Å²) >= 11 is 1.18. The summed E-state index contributed by atoms with van der Waals surface area (Å²) in [6, 6.07) is 23.8. The summed E-state index contributed by atoms with van der Waals surface area (Å²) in [5, 5.41) is 14.1. The maximum absolute atomic E-state index is 13.6. The summed E-state index contributed by atoms with van der Waals surface area (Å²) in [7, 11) is 0. The molecule has 4 aromatic rings. The van der Waals surface area contributed by atoms with Crippen LogP contribution in [0.15, 0.2) is 106 Å². The van der Waals surface area contributed by atoms with Crippen LogP contribution in [0.1, 0.15) is 24.1 Å². The Morgan fingerprint density at radius 1 is 1.06 bits per heavy atom. The SMILES string of the molecule is CC1=C(C(=O)Nc2ccccc2)C(c2ccccc2)n2c(sc(=Cc3cccc([N+](=O)[O-])c3)c2=O)=N1. The van der Waals surface area contributed by atoms with Gasteiger partial charge in [0.25, 0.3) is 17.2 Å². The van der Waals surface area contributed by atoms with E-state index in [4.69, 9.17) is 0 Å². The van der Waals surface area contributed by atoms with E-state index in [0.29, 0.717) is 31.9 Å². The van der Waals surface area contributed by atoms with Crippen LogP contribution in [0, 0.1) is 10.1 Å². The molecule has 178 valence electrons. The second-order valence-corrected chi connectivity index (χ2v) is 9.17. The summed E-state index contributed by atoms with van der Waals surface area (Å²) in [4.78, 5) is 42.9. The van der Waals surface area contributed by atoms with Crippen LogP contribution < -0.4 is 20.2 Å². The predicted octanol–water partition coefficient (Wildman–Crippen LogP) is 3.78. The summed E-state index contributed by atoms with van der Waals surface area (Å²) in [5.74, 6) is -0.343. The highest BCUT2D eigenvalue weighted by Gasteiger charge is 2.32. The maximum atomic E-state index is 13.6. The van der Waals surface area contributed by atoms with Crippen LogP contribution in [-0.4, -0.2) is 15.4 Å². The Kier molecular flexibility index (Phi) is 6.14. The van der Waals surface area contributed by atoms with Gasteiger partial charge in [-0.15, -0.1) is 0 Å². The molecule has 3 aromatic carbocycles. The minimum Gasteiger partial charge on any atom is -0.322 e. The first-order valence-electron chi connectivity index (χ1n) is 11.1. The van der Waals surface area contributed by atoms with Gasteiger partial charge in [0.05, 0.1) is 26.8 Å². The van der Waals surface area contributed by atoms with Crippen molar-refractivity contribution in [3.63, 3.8) is 0 Å². The number of nitro groups is 1. The van der Waals surface area contributed by atoms with E-state index in [-0.39, 0.29) is 17.2 Å². The summed E-state index contributed by atoms with van der Waals surface area (Å²) in [5.41, 5.74) is 2.44. The fraction of sp³-hybridized carbons (Fsp3) is 0.0741. The molecule has 2 heterocycles. The number of thiazole rings is 1. The molecule has 1 atom stereocenters. The third-order valence-corrected chi connectivity index (χ3v) is 6.78. The van der Waals surface area contributed by atoms with Crippen LogP contribution in [0.2, 0.25) is 0 Å². The van der Waals surface area contributed by atoms with Crippen LogP contribution in [0.3, 0.4) is 0 Å². The number of aromatic nitrogens is 1. The lowest BCUT2D eigenvalue weighted by atomic mass is 9.95. The number of non-ortho nitro benzene ring substituents is 1. The predicted molar refractivity (Wildman–Crippen MR) is 138 cm³/mol. The molecule has 1 aliphatic rings. The first-order chi connectivity index (χ1) is 17.4. The Bertz CT molecular complexity index is 1690. The number of benzene rings is 3. The van der Waals surface area contributed by atoms with Crippen molar-refractivity contribution in [1.29, 1.82) is 0 Å². The zero-order valence-electron chi connectivity index (χ0n) is 19.1. The quantitative estimate of drug-likeness (QED) is 0.335. The van der Waals surface area contributed by atoms with Gasteiger partial charge in [-0.1, -0.05) is 72.0 Å². The molecule has 1 unspecified atom stereocenters. The zero-order chi connectivity index (χ0) is 25.2. The molecule has 0 radical (unpaired) electrons. The second kappa shape index (κ2) is 9.55. The zero-order valence-corrected chi connectivity index (χ0v) is 19.9. The van der Waals surface area contributed by atoms with Crippen LogP contribution in [0.4, 0.5) is 11.4 Å². The van der Waals surface area contributed by atoms with Crippen molar-refractivity contribution < 1.29 is 9.72 Å². The molecule has 0 fully saturated rings. The molecule has 1 aromatic heterocycles. The van der Waals surface area contributed by atoms with E-state index < -0.39 is 11.0 Å². The van der Waals surface area contributed by atoms with Crippen LogP contribution in [0.5, 0.6) is 0 Å². The molecule has 0 bridgehead atoms. The number of hydrogen-bond donors (Lipinski definition) is 1. The number of rotatable bonds is 5. The molecule has 0 spiro atoms. The maximum Gasteiger partial charge on any atom is 0.271 e. The highest BCUT2D eigenvalue weighted by atomic mass is 32.1. The highest BCUT2D eigenvalue weighted by molar-refractivity contribution is 7.07. The molecule has 5 rings (SSSR count). The van der Waals surface area contributed by atoms with E-state index in [9.17, 15) is 19.7 Å². The Balaban J connectivity index is 1.66. The molecule has 1 amide bonds. The number of nitrogens with one attached hydrogen (secondary N) is 1. The average molecular weight is 497 g/mol. The molecule has 8 nitrogen and oxygen atoms in total. The van der Waals surface area contributed by atoms with E-state index in [0.717, 1.165) is 5.56 Å². The van der Waals surface area contributed by atoms with E-state index in [1.807, 2.05) is 48.5 Å². The molecular formula is C27H20N4O4S. The van der Waals surface area contributed by atoms with Crippen molar-refractivity contribution in [1.82, 2.24) is 4.57 Å². The van der Waals surface area contributed by atoms with Crippen LogP contribution in [0.25, 0.3) is 6.08 Å². The Labute approximate surface area is 209 Å². The van der Waals surface area contributed by atoms with Crippen molar-refractivity contribution >= 4 is 34.7 Å². The number of amides is 1. The first-order valence-corrected chi connectivity index (χ1v) is 11.9. The third-order valence-electron chi connectivity index (χ3n) is 5.79. The number of hydrogen-bond acceptors (Lipinski definition) is 6. The van der Waals surface area contributed by atoms with Crippen molar-refractivity contribution in [2.24, 2.45) is 4.99 Å². The minimum absolute atomic E-state index is 0.0607. The summed E-state index contributed by atoms with van der Waals surface area (Å²) < 4.78 is 1.89. The Hall–Kier alpha value is -4.63. The number of anilines is 1. The molecule has 36 heavy (non-hydrogen) atoms. The summed E-state index contributed by atoms with van der Waals surface area (Å²) in [6.45, 7) is 1.76. The van der Waals surface area contributed by atoms with E-state index >= 15 is 0 Å². The van der Waals surface area contributed by atoms with Gasteiger partial charge in [0.15, 0.2) is 4.80 Å². The van der Waals surface area contributed by atoms with Gasteiger partial charge in [-0.05, 0) is 36.3 Å². The number of carbonyl (C=O) groups is 1. The van der Waals surface area contributed by atoms with Crippen molar-refractivity contribution in [3.8, 4) is 0 Å². The minimum atomic E-state index is -0.682. The number of nitrogens with zero attached hydrogens (tertiary/aromatic N) is 3. The molecule has 1 aliphatic heterocycles. The van der Waals surface area contributed by atoms with Gasteiger partial charge in [-0.3, -0.25) is 24.3 Å². The fourth-order valence-corrected chi connectivity index (χ4v) is 5.21. The molecule has 0 saturated heterocycles. The third kappa shape index (κ3) is 4.39. The largest absolute Gasteiger partial charge is 0.322 e. The second-order valence-electron chi connectivity index (χ2n) is 8.16. The molecule has 9 heteroatoms. The smallest absolute Gasteiger partial charge is 0.271 e. The number of carbonyl (C=O) groups excluding carboxylic acids is 1. The van der Waals surface area contributed by atoms with Gasteiger partial charge in [0, 0.05) is 17.8 Å². The van der Waals surface area contributed by atoms with Crippen molar-refractivity contribution in [2.45, 2.75) is 13.0 Å². The normalized spacial score (nSPS) is 15.2. The summed E-state index contributed by atoms with van der Waals surface area (Å²) in [6.07, 6.45) is 1.61. The van der Waals surface area contributed by atoms with E-state index in [1.54, 1.807) is 37.3 Å². The number of para-hydroxylation sites is 1. The lowest BCUT2D eigenvalue weighted by Gasteiger charge is -2.25. The van der Waals surface area contributed by atoms with Crippen molar-refractivity contribution in [2.75, 3.05) is 5.32 Å². The van der Waals surface area contributed by atoms with Gasteiger partial charge in [-0.2, -0.15) is 0 Å². The van der Waals surface area contributed by atoms with Gasteiger partial charge < -0.3 is 5.32 Å². The van der Waals surface area contributed by atoms with Gasteiger partial charge >= 0.3 is 0 Å². The standard InChI is InChI=1S/C27H20N4O4S/c1-17-23(25(32)29-20-12-6-3-7-13-20)24(19-10-4-2-5-11-19)30-26(33)22(36-27(30)28-17)16-18-9-8-14-21(15-18)31(34)35/h2-16,24H,1H3,(H,29,32). The molecule has 1 N–H and O–H groups in total. The van der Waals surface area contributed by atoms with Gasteiger partial charge in [0.2, 0.25) is 0 Å². The molecular weight excluding hydrogens is 476 g/mol. The van der Waals surface area contributed by atoms with Crippen molar-refractivity contribution in [3.05, 3.63) is 137 Å². The van der Waals surface area contributed by atoms with Gasteiger partial charge in [-0.25, -0.2) is 4.99 Å². The molecule has 0 saturated carbocycles. The van der Waals surface area contributed by atoms with Gasteiger partial charge in [0.1, 0.15) is 0 Å².